The first-order valence-electron chi connectivity index (χ1n) is 6.26. The van der Waals surface area contributed by atoms with Gasteiger partial charge in [0.05, 0.1) is 0 Å². The smallest absolute Gasteiger partial charge is 0.0197 e. The molecule has 0 aromatic carbocycles. The molecule has 1 atom stereocenters. The lowest BCUT2D eigenvalue weighted by atomic mass is 10.1. The van der Waals surface area contributed by atoms with E-state index in [9.17, 15) is 0 Å². The van der Waals surface area contributed by atoms with Crippen LogP contribution in [-0.2, 0) is 0 Å². The van der Waals surface area contributed by atoms with E-state index < -0.39 is 0 Å². The van der Waals surface area contributed by atoms with Gasteiger partial charge in [0, 0.05) is 6.04 Å². The van der Waals surface area contributed by atoms with Crippen molar-refractivity contribution in [1.29, 1.82) is 0 Å². The van der Waals surface area contributed by atoms with Crippen molar-refractivity contribution in [1.82, 2.24) is 0 Å². The van der Waals surface area contributed by atoms with Crippen LogP contribution in [0.15, 0.2) is 35.5 Å². The van der Waals surface area contributed by atoms with Gasteiger partial charge >= 0.3 is 0 Å². The van der Waals surface area contributed by atoms with Gasteiger partial charge in [0.1, 0.15) is 0 Å². The van der Waals surface area contributed by atoms with E-state index in [0.29, 0.717) is 0 Å². The zero-order valence-corrected chi connectivity index (χ0v) is 11.3. The Balaban J connectivity index is 3.81. The molecule has 2 N–H and O–H groups in total. The molecule has 0 radical (unpaired) electrons. The first-order valence-corrected chi connectivity index (χ1v) is 6.26. The van der Waals surface area contributed by atoms with Gasteiger partial charge in [-0.3, -0.25) is 0 Å². The molecule has 0 bridgehead atoms. The van der Waals surface area contributed by atoms with Crippen molar-refractivity contribution in [3.63, 3.8) is 0 Å². The van der Waals surface area contributed by atoms with Gasteiger partial charge in [0.15, 0.2) is 0 Å². The van der Waals surface area contributed by atoms with E-state index in [-0.39, 0.29) is 6.04 Å². The third-order valence-electron chi connectivity index (χ3n) is 2.52. The Hall–Kier alpha value is -0.820. The standard InChI is InChI=1S/C15H27N/c1-5-6-7-9-13(2)10-8-11-14(3)12-15(4)16/h5-6,10,12,15H,7-9,11,16H2,1-4H3/b6-5+,13-10+,14-12+. The number of hydrogen-bond donors (Lipinski definition) is 1. The molecule has 0 amide bonds. The number of allylic oxidation sites excluding steroid dienone is 5. The van der Waals surface area contributed by atoms with Crippen molar-refractivity contribution >= 4 is 0 Å². The highest BCUT2D eigenvalue weighted by Gasteiger charge is 1.93. The van der Waals surface area contributed by atoms with Crippen molar-refractivity contribution in [2.75, 3.05) is 0 Å². The van der Waals surface area contributed by atoms with Crippen molar-refractivity contribution in [3.8, 4) is 0 Å². The first kappa shape index (κ1) is 15.2. The second-order valence-electron chi connectivity index (χ2n) is 4.57. The summed E-state index contributed by atoms with van der Waals surface area (Å²) in [5, 5.41) is 0. The van der Waals surface area contributed by atoms with Crippen LogP contribution in [0, 0.1) is 0 Å². The van der Waals surface area contributed by atoms with Gasteiger partial charge in [-0.25, -0.2) is 0 Å². The zero-order valence-electron chi connectivity index (χ0n) is 11.3. The fourth-order valence-electron chi connectivity index (χ4n) is 1.66. The number of hydrogen-bond acceptors (Lipinski definition) is 1. The summed E-state index contributed by atoms with van der Waals surface area (Å²) in [5.74, 6) is 0. The van der Waals surface area contributed by atoms with E-state index in [4.69, 9.17) is 5.73 Å². The summed E-state index contributed by atoms with van der Waals surface area (Å²) >= 11 is 0. The highest BCUT2D eigenvalue weighted by molar-refractivity contribution is 5.06. The van der Waals surface area contributed by atoms with Crippen molar-refractivity contribution in [2.45, 2.75) is 59.4 Å². The van der Waals surface area contributed by atoms with Crippen LogP contribution in [0.1, 0.15) is 53.4 Å². The summed E-state index contributed by atoms with van der Waals surface area (Å²) in [6.45, 7) is 8.46. The van der Waals surface area contributed by atoms with Crippen LogP contribution in [0.2, 0.25) is 0 Å². The Bertz CT molecular complexity index is 257. The Labute approximate surface area is 101 Å². The molecule has 0 fully saturated rings. The summed E-state index contributed by atoms with van der Waals surface area (Å²) in [6, 6.07) is 0.180. The highest BCUT2D eigenvalue weighted by atomic mass is 14.6. The minimum absolute atomic E-state index is 0.180. The van der Waals surface area contributed by atoms with Crippen LogP contribution in [-0.4, -0.2) is 6.04 Å². The van der Waals surface area contributed by atoms with Crippen molar-refractivity contribution < 1.29 is 0 Å². The zero-order chi connectivity index (χ0) is 12.4. The van der Waals surface area contributed by atoms with E-state index in [0.717, 1.165) is 19.3 Å². The van der Waals surface area contributed by atoms with Crippen LogP contribution in [0.25, 0.3) is 0 Å². The van der Waals surface area contributed by atoms with Gasteiger partial charge in [-0.05, 0) is 53.4 Å². The van der Waals surface area contributed by atoms with E-state index in [2.05, 4.69) is 45.1 Å². The van der Waals surface area contributed by atoms with Crippen LogP contribution in [0.3, 0.4) is 0 Å². The molecule has 0 aliphatic rings. The Morgan fingerprint density at radius 3 is 2.31 bits per heavy atom. The molecule has 0 aliphatic heterocycles. The minimum Gasteiger partial charge on any atom is -0.325 e. The monoisotopic (exact) mass is 221 g/mol. The fourth-order valence-corrected chi connectivity index (χ4v) is 1.66. The second kappa shape index (κ2) is 9.41. The van der Waals surface area contributed by atoms with Gasteiger partial charge in [-0.1, -0.05) is 35.5 Å². The van der Waals surface area contributed by atoms with Crippen LogP contribution in [0.4, 0.5) is 0 Å². The van der Waals surface area contributed by atoms with E-state index in [1.165, 1.54) is 17.6 Å². The van der Waals surface area contributed by atoms with Gasteiger partial charge in [-0.15, -0.1) is 0 Å². The molecule has 0 spiro atoms. The van der Waals surface area contributed by atoms with E-state index in [1.54, 1.807) is 0 Å². The first-order chi connectivity index (χ1) is 7.56. The minimum atomic E-state index is 0.180. The lowest BCUT2D eigenvalue weighted by Gasteiger charge is -2.02. The molecule has 0 rings (SSSR count). The van der Waals surface area contributed by atoms with E-state index in [1.807, 2.05) is 6.92 Å². The largest absolute Gasteiger partial charge is 0.325 e. The second-order valence-corrected chi connectivity index (χ2v) is 4.57. The maximum atomic E-state index is 5.71. The third-order valence-corrected chi connectivity index (χ3v) is 2.52. The van der Waals surface area contributed by atoms with E-state index >= 15 is 0 Å². The van der Waals surface area contributed by atoms with Crippen LogP contribution in [0.5, 0.6) is 0 Å². The Morgan fingerprint density at radius 1 is 1.12 bits per heavy atom. The molecule has 0 heterocycles. The lowest BCUT2D eigenvalue weighted by molar-refractivity contribution is 0.874. The van der Waals surface area contributed by atoms with Gasteiger partial charge in [-0.2, -0.15) is 0 Å². The Kier molecular flexibility index (Phi) is 8.93. The third kappa shape index (κ3) is 9.72. The predicted octanol–water partition coefficient (Wildman–Crippen LogP) is 4.36. The summed E-state index contributed by atoms with van der Waals surface area (Å²) in [7, 11) is 0. The summed E-state index contributed by atoms with van der Waals surface area (Å²) in [6.07, 6.45) is 13.4. The van der Waals surface area contributed by atoms with Crippen molar-refractivity contribution in [3.05, 3.63) is 35.5 Å². The molecule has 1 heteroatoms. The summed E-state index contributed by atoms with van der Waals surface area (Å²) < 4.78 is 0. The number of rotatable bonds is 7. The van der Waals surface area contributed by atoms with Crippen LogP contribution >= 0.6 is 0 Å². The van der Waals surface area contributed by atoms with Gasteiger partial charge in [0.2, 0.25) is 0 Å². The molecule has 0 aromatic heterocycles. The quantitative estimate of drug-likeness (QED) is 0.635. The normalized spacial score (nSPS) is 15.8. The molecule has 92 valence electrons. The fraction of sp³-hybridized carbons (Fsp3) is 0.600. The lowest BCUT2D eigenvalue weighted by Crippen LogP contribution is -2.11. The number of nitrogens with two attached hydrogens (primary N) is 1. The SMILES string of the molecule is C/C=C/CC/C(C)=C/CC/C(C)=C/C(C)N. The molecule has 16 heavy (non-hydrogen) atoms. The molecule has 0 aromatic rings. The molecular formula is C15H27N. The molecule has 0 saturated heterocycles. The van der Waals surface area contributed by atoms with Crippen molar-refractivity contribution in [2.24, 2.45) is 5.73 Å². The predicted molar refractivity (Wildman–Crippen MR) is 74.4 cm³/mol. The summed E-state index contributed by atoms with van der Waals surface area (Å²) in [5.41, 5.74) is 8.59. The highest BCUT2D eigenvalue weighted by Crippen LogP contribution is 2.10. The molecule has 0 saturated carbocycles. The molecule has 1 nitrogen and oxygen atoms in total. The maximum Gasteiger partial charge on any atom is 0.0197 e. The van der Waals surface area contributed by atoms with Gasteiger partial charge < -0.3 is 5.73 Å². The van der Waals surface area contributed by atoms with Gasteiger partial charge in [0.25, 0.3) is 0 Å². The van der Waals surface area contributed by atoms with Crippen LogP contribution < -0.4 is 5.73 Å². The average Bonchev–Trinajstić information content (AvgIpc) is 2.17. The maximum absolute atomic E-state index is 5.71. The topological polar surface area (TPSA) is 26.0 Å². The average molecular weight is 221 g/mol. The molecular weight excluding hydrogens is 194 g/mol. The molecule has 1 unspecified atom stereocenters. The molecule has 0 aliphatic carbocycles. The summed E-state index contributed by atoms with van der Waals surface area (Å²) in [4.78, 5) is 0. The Morgan fingerprint density at radius 2 is 1.75 bits per heavy atom.